The lowest BCUT2D eigenvalue weighted by molar-refractivity contribution is -0.139. The summed E-state index contributed by atoms with van der Waals surface area (Å²) in [6.07, 6.45) is 0.706. The smallest absolute Gasteiger partial charge is 0.264 e. The van der Waals surface area contributed by atoms with Crippen molar-refractivity contribution in [3.8, 4) is 0 Å². The van der Waals surface area contributed by atoms with Gasteiger partial charge in [-0.2, -0.15) is 0 Å². The van der Waals surface area contributed by atoms with E-state index in [9.17, 15) is 18.0 Å². The molecule has 39 heavy (non-hydrogen) atoms. The molecule has 12 heteroatoms. The first-order valence-electron chi connectivity index (χ1n) is 12.0. The normalized spacial score (nSPS) is 12.1. The van der Waals surface area contributed by atoms with Crippen LogP contribution in [0.2, 0.25) is 20.1 Å². The number of amides is 2. The van der Waals surface area contributed by atoms with Crippen molar-refractivity contribution in [2.24, 2.45) is 0 Å². The van der Waals surface area contributed by atoms with Crippen LogP contribution in [0, 0.1) is 0 Å². The number of nitrogens with one attached hydrogen (secondary N) is 1. The Balaban J connectivity index is 2.05. The van der Waals surface area contributed by atoms with Crippen molar-refractivity contribution in [2.75, 3.05) is 17.4 Å². The molecule has 3 aromatic rings. The quantitative estimate of drug-likeness (QED) is 0.264. The van der Waals surface area contributed by atoms with Crippen molar-refractivity contribution in [3.63, 3.8) is 0 Å². The molecule has 3 rings (SSSR count). The zero-order valence-corrected chi connectivity index (χ0v) is 25.0. The maximum atomic E-state index is 13.9. The van der Waals surface area contributed by atoms with E-state index in [1.165, 1.54) is 35.2 Å². The first kappa shape index (κ1) is 31.0. The molecule has 1 atom stereocenters. The Morgan fingerprint density at radius 2 is 1.59 bits per heavy atom. The molecule has 0 saturated heterocycles. The van der Waals surface area contributed by atoms with Crippen LogP contribution in [0.25, 0.3) is 0 Å². The molecule has 0 bridgehead atoms. The van der Waals surface area contributed by atoms with Crippen molar-refractivity contribution in [3.05, 3.63) is 92.4 Å². The molecule has 0 aliphatic rings. The standard InChI is InChI=1S/C27H27Cl4N3O4S/c1-3-13-32-27(36)18(2)33(16-19-9-11-22(29)23(30)14-19)26(35)17-34(25-12-10-20(28)15-24(25)31)39(37,38)21-7-5-4-6-8-21/h4-12,14-15,18H,3,13,16-17H2,1-2H3,(H,32,36)/t18-/m1/s1. The zero-order chi connectivity index (χ0) is 28.7. The average Bonchev–Trinajstić information content (AvgIpc) is 2.91. The second-order valence-corrected chi connectivity index (χ2v) is 12.2. The number of nitrogens with zero attached hydrogens (tertiary/aromatic N) is 2. The lowest BCUT2D eigenvalue weighted by Gasteiger charge is -2.32. The summed E-state index contributed by atoms with van der Waals surface area (Å²) >= 11 is 24.7. The Labute approximate surface area is 248 Å². The molecule has 0 fully saturated rings. The van der Waals surface area contributed by atoms with Crippen molar-refractivity contribution in [1.29, 1.82) is 0 Å². The van der Waals surface area contributed by atoms with Crippen LogP contribution in [0.15, 0.2) is 71.6 Å². The fourth-order valence-electron chi connectivity index (χ4n) is 3.73. The highest BCUT2D eigenvalue weighted by molar-refractivity contribution is 7.92. The highest BCUT2D eigenvalue weighted by Gasteiger charge is 2.33. The van der Waals surface area contributed by atoms with Crippen LogP contribution >= 0.6 is 46.4 Å². The summed E-state index contributed by atoms with van der Waals surface area (Å²) in [5.74, 6) is -1.02. The molecule has 0 spiro atoms. The summed E-state index contributed by atoms with van der Waals surface area (Å²) < 4.78 is 28.4. The van der Waals surface area contributed by atoms with Gasteiger partial charge < -0.3 is 10.2 Å². The molecule has 0 aliphatic carbocycles. The first-order valence-corrected chi connectivity index (χ1v) is 14.9. The second-order valence-electron chi connectivity index (χ2n) is 8.66. The van der Waals surface area contributed by atoms with Crippen molar-refractivity contribution >= 4 is 73.9 Å². The lowest BCUT2D eigenvalue weighted by atomic mass is 10.1. The third-order valence-corrected chi connectivity index (χ3v) is 8.89. The van der Waals surface area contributed by atoms with Gasteiger partial charge in [-0.3, -0.25) is 13.9 Å². The minimum atomic E-state index is -4.24. The van der Waals surface area contributed by atoms with E-state index >= 15 is 0 Å². The number of anilines is 1. The Morgan fingerprint density at radius 3 is 2.21 bits per heavy atom. The van der Waals surface area contributed by atoms with Crippen molar-refractivity contribution in [1.82, 2.24) is 10.2 Å². The van der Waals surface area contributed by atoms with E-state index in [1.807, 2.05) is 6.92 Å². The van der Waals surface area contributed by atoms with E-state index in [0.29, 0.717) is 28.6 Å². The molecule has 2 amide bonds. The fourth-order valence-corrected chi connectivity index (χ4v) is 6.07. The molecule has 1 N–H and O–H groups in total. The molecule has 7 nitrogen and oxygen atoms in total. The van der Waals surface area contributed by atoms with E-state index in [0.717, 1.165) is 4.31 Å². The van der Waals surface area contributed by atoms with Gasteiger partial charge in [0.2, 0.25) is 11.8 Å². The van der Waals surface area contributed by atoms with Crippen LogP contribution in [0.5, 0.6) is 0 Å². The summed E-state index contributed by atoms with van der Waals surface area (Å²) in [4.78, 5) is 28.0. The van der Waals surface area contributed by atoms with E-state index < -0.39 is 28.5 Å². The van der Waals surface area contributed by atoms with Gasteiger partial charge >= 0.3 is 0 Å². The number of sulfonamides is 1. The van der Waals surface area contributed by atoms with Crippen molar-refractivity contribution in [2.45, 2.75) is 37.8 Å². The zero-order valence-electron chi connectivity index (χ0n) is 21.2. The highest BCUT2D eigenvalue weighted by Crippen LogP contribution is 2.33. The van der Waals surface area contributed by atoms with E-state index in [4.69, 9.17) is 46.4 Å². The average molecular weight is 631 g/mol. The van der Waals surface area contributed by atoms with E-state index in [1.54, 1.807) is 43.3 Å². The van der Waals surface area contributed by atoms with E-state index in [2.05, 4.69) is 5.32 Å². The van der Waals surface area contributed by atoms with Gasteiger partial charge in [0.05, 0.1) is 25.7 Å². The van der Waals surface area contributed by atoms with Gasteiger partial charge in [0, 0.05) is 18.1 Å². The second kappa shape index (κ2) is 13.7. The Hall–Kier alpha value is -2.49. The number of carbonyl (C=O) groups is 2. The Kier molecular flexibility index (Phi) is 10.9. The van der Waals surface area contributed by atoms with E-state index in [-0.39, 0.29) is 33.1 Å². The number of benzene rings is 3. The number of carbonyl (C=O) groups excluding carboxylic acids is 2. The molecule has 0 unspecified atom stereocenters. The summed E-state index contributed by atoms with van der Waals surface area (Å²) in [5, 5.41) is 3.75. The van der Waals surface area contributed by atoms with Crippen LogP contribution in [0.4, 0.5) is 5.69 Å². The van der Waals surface area contributed by atoms with Gasteiger partial charge in [0.1, 0.15) is 12.6 Å². The first-order chi connectivity index (χ1) is 18.4. The predicted octanol–water partition coefficient (Wildman–Crippen LogP) is 6.44. The molecule has 0 heterocycles. The van der Waals surface area contributed by atoms with Crippen molar-refractivity contribution < 1.29 is 18.0 Å². The fraction of sp³-hybridized carbons (Fsp3) is 0.259. The summed E-state index contributed by atoms with van der Waals surface area (Å²) in [6.45, 7) is 3.25. The van der Waals surface area contributed by atoms with Gasteiger partial charge in [0.15, 0.2) is 0 Å². The molecule has 3 aromatic carbocycles. The Bertz CT molecular complexity index is 1440. The molecule has 0 aromatic heterocycles. The van der Waals surface area contributed by atoms with Crippen LogP contribution in [-0.2, 0) is 26.2 Å². The third kappa shape index (κ3) is 7.80. The SMILES string of the molecule is CCCNC(=O)[C@@H](C)N(Cc1ccc(Cl)c(Cl)c1)C(=O)CN(c1ccc(Cl)cc1Cl)S(=O)(=O)c1ccccc1. The van der Waals surface area contributed by atoms with Gasteiger partial charge in [-0.15, -0.1) is 0 Å². The predicted molar refractivity (Wildman–Crippen MR) is 157 cm³/mol. The maximum absolute atomic E-state index is 13.9. The van der Waals surface area contributed by atoms with Gasteiger partial charge in [0.25, 0.3) is 10.0 Å². The molecular formula is C27H27Cl4N3O4S. The minimum Gasteiger partial charge on any atom is -0.354 e. The molecule has 208 valence electrons. The number of rotatable bonds is 11. The van der Waals surface area contributed by atoms with Crippen LogP contribution in [0.1, 0.15) is 25.8 Å². The van der Waals surface area contributed by atoms with Crippen LogP contribution in [-0.4, -0.2) is 44.3 Å². The lowest BCUT2D eigenvalue weighted by Crippen LogP contribution is -2.51. The molecule has 0 radical (unpaired) electrons. The number of hydrogen-bond donors (Lipinski definition) is 1. The van der Waals surface area contributed by atoms with Gasteiger partial charge in [-0.1, -0.05) is 77.6 Å². The van der Waals surface area contributed by atoms with Gasteiger partial charge in [-0.25, -0.2) is 8.42 Å². The third-order valence-electron chi connectivity index (χ3n) is 5.84. The molecule has 0 aliphatic heterocycles. The molecular weight excluding hydrogens is 604 g/mol. The summed E-state index contributed by atoms with van der Waals surface area (Å²) in [5.41, 5.74) is 0.672. The number of hydrogen-bond acceptors (Lipinski definition) is 4. The Morgan fingerprint density at radius 1 is 0.897 bits per heavy atom. The van der Waals surface area contributed by atoms with Gasteiger partial charge in [-0.05, 0) is 61.4 Å². The summed E-state index contributed by atoms with van der Waals surface area (Å²) in [6, 6.07) is 15.9. The maximum Gasteiger partial charge on any atom is 0.264 e. The number of halogens is 4. The van der Waals surface area contributed by atoms with Crippen LogP contribution in [0.3, 0.4) is 0 Å². The minimum absolute atomic E-state index is 0.0238. The van der Waals surface area contributed by atoms with Crippen LogP contribution < -0.4 is 9.62 Å². The summed E-state index contributed by atoms with van der Waals surface area (Å²) in [7, 11) is -4.24. The topological polar surface area (TPSA) is 86.8 Å². The monoisotopic (exact) mass is 629 g/mol. The molecule has 0 saturated carbocycles. The largest absolute Gasteiger partial charge is 0.354 e. The highest BCUT2D eigenvalue weighted by atomic mass is 35.5.